The lowest BCUT2D eigenvalue weighted by Crippen LogP contribution is -2.30. The van der Waals surface area contributed by atoms with Gasteiger partial charge in [-0.25, -0.2) is 18.4 Å². The molecule has 0 atom stereocenters. The standard InChI is InChI=1S/C11H16ClN3O3S/c1-7(2)10-14-6-8(12)9(15-10)11(16)13-4-5-19(3,17)18/h6-7H,4-5H2,1-3H3,(H,13,16). The van der Waals surface area contributed by atoms with Crippen molar-refractivity contribution >= 4 is 27.3 Å². The summed E-state index contributed by atoms with van der Waals surface area (Å²) in [6.07, 6.45) is 2.48. The number of hydrogen-bond donors (Lipinski definition) is 1. The summed E-state index contributed by atoms with van der Waals surface area (Å²) in [5.74, 6) is -0.0474. The molecule has 0 unspecified atom stereocenters. The minimum Gasteiger partial charge on any atom is -0.350 e. The van der Waals surface area contributed by atoms with E-state index < -0.39 is 15.7 Å². The highest BCUT2D eigenvalue weighted by atomic mass is 35.5. The number of carbonyl (C=O) groups is 1. The van der Waals surface area contributed by atoms with Gasteiger partial charge in [0.15, 0.2) is 0 Å². The quantitative estimate of drug-likeness (QED) is 0.877. The Morgan fingerprint density at radius 1 is 1.47 bits per heavy atom. The van der Waals surface area contributed by atoms with Crippen molar-refractivity contribution in [2.24, 2.45) is 0 Å². The van der Waals surface area contributed by atoms with Crippen LogP contribution < -0.4 is 5.32 Å². The first-order valence-electron chi connectivity index (χ1n) is 5.69. The fraction of sp³-hybridized carbons (Fsp3) is 0.545. The Bertz CT molecular complexity index is 573. The number of rotatable bonds is 5. The lowest BCUT2D eigenvalue weighted by atomic mass is 10.2. The maximum absolute atomic E-state index is 11.8. The topological polar surface area (TPSA) is 89.0 Å². The van der Waals surface area contributed by atoms with Crippen LogP contribution in [0, 0.1) is 0 Å². The predicted octanol–water partition coefficient (Wildman–Crippen LogP) is 1.03. The van der Waals surface area contributed by atoms with Gasteiger partial charge in [0.1, 0.15) is 21.4 Å². The van der Waals surface area contributed by atoms with Crippen molar-refractivity contribution in [3.8, 4) is 0 Å². The third-order valence-electron chi connectivity index (χ3n) is 2.25. The van der Waals surface area contributed by atoms with E-state index in [4.69, 9.17) is 11.6 Å². The van der Waals surface area contributed by atoms with Crippen LogP contribution in [0.1, 0.15) is 36.1 Å². The third-order valence-corrected chi connectivity index (χ3v) is 3.47. The lowest BCUT2D eigenvalue weighted by Gasteiger charge is -2.08. The molecular weight excluding hydrogens is 290 g/mol. The summed E-state index contributed by atoms with van der Waals surface area (Å²) < 4.78 is 21.9. The van der Waals surface area contributed by atoms with Gasteiger partial charge in [-0.2, -0.15) is 0 Å². The van der Waals surface area contributed by atoms with Gasteiger partial charge in [-0.05, 0) is 0 Å². The van der Waals surface area contributed by atoms with Crippen LogP contribution in [0.3, 0.4) is 0 Å². The van der Waals surface area contributed by atoms with E-state index in [0.717, 1.165) is 6.26 Å². The number of carbonyl (C=O) groups excluding carboxylic acids is 1. The first-order valence-corrected chi connectivity index (χ1v) is 8.13. The Labute approximate surface area is 117 Å². The second-order valence-electron chi connectivity index (χ2n) is 4.47. The molecule has 0 saturated carbocycles. The Kier molecular flexibility index (Phi) is 5.25. The number of halogens is 1. The van der Waals surface area contributed by atoms with E-state index in [-0.39, 0.29) is 28.9 Å². The van der Waals surface area contributed by atoms with Crippen LogP contribution in [0.25, 0.3) is 0 Å². The molecule has 0 fully saturated rings. The van der Waals surface area contributed by atoms with Gasteiger partial charge in [-0.15, -0.1) is 0 Å². The normalized spacial score (nSPS) is 11.6. The Morgan fingerprint density at radius 3 is 2.63 bits per heavy atom. The Hall–Kier alpha value is -1.21. The van der Waals surface area contributed by atoms with Crippen molar-refractivity contribution < 1.29 is 13.2 Å². The van der Waals surface area contributed by atoms with Crippen LogP contribution in [-0.2, 0) is 9.84 Å². The van der Waals surface area contributed by atoms with Crippen LogP contribution in [-0.4, -0.2) is 42.8 Å². The van der Waals surface area contributed by atoms with E-state index >= 15 is 0 Å². The average molecular weight is 306 g/mol. The molecule has 0 aliphatic rings. The molecule has 0 saturated heterocycles. The molecule has 0 bridgehead atoms. The number of nitrogens with one attached hydrogen (secondary N) is 1. The zero-order chi connectivity index (χ0) is 14.6. The molecule has 106 valence electrons. The molecular formula is C11H16ClN3O3S. The summed E-state index contributed by atoms with van der Waals surface area (Å²) >= 11 is 5.86. The number of amides is 1. The van der Waals surface area contributed by atoms with Crippen molar-refractivity contribution in [2.75, 3.05) is 18.6 Å². The minimum absolute atomic E-state index is 0.0228. The molecule has 0 aliphatic carbocycles. The van der Waals surface area contributed by atoms with Gasteiger partial charge in [0, 0.05) is 18.7 Å². The van der Waals surface area contributed by atoms with Crippen molar-refractivity contribution in [3.05, 3.63) is 22.7 Å². The average Bonchev–Trinajstić information content (AvgIpc) is 2.27. The van der Waals surface area contributed by atoms with Crippen molar-refractivity contribution in [1.29, 1.82) is 0 Å². The number of sulfone groups is 1. The minimum atomic E-state index is -3.11. The molecule has 19 heavy (non-hydrogen) atoms. The third kappa shape index (κ3) is 5.12. The molecule has 0 spiro atoms. The summed E-state index contributed by atoms with van der Waals surface area (Å²) in [4.78, 5) is 19.9. The second-order valence-corrected chi connectivity index (χ2v) is 7.13. The fourth-order valence-electron chi connectivity index (χ4n) is 1.25. The fourth-order valence-corrected chi connectivity index (χ4v) is 1.90. The zero-order valence-corrected chi connectivity index (χ0v) is 12.5. The molecule has 1 aromatic heterocycles. The molecule has 8 heteroatoms. The van der Waals surface area contributed by atoms with E-state index in [1.807, 2.05) is 13.8 Å². The summed E-state index contributed by atoms with van der Waals surface area (Å²) in [5, 5.41) is 2.61. The van der Waals surface area contributed by atoms with Gasteiger partial charge < -0.3 is 5.32 Å². The van der Waals surface area contributed by atoms with Gasteiger partial charge in [0.05, 0.1) is 17.0 Å². The van der Waals surface area contributed by atoms with Gasteiger partial charge in [-0.1, -0.05) is 25.4 Å². The van der Waals surface area contributed by atoms with E-state index in [2.05, 4.69) is 15.3 Å². The summed E-state index contributed by atoms with van der Waals surface area (Å²) in [6.45, 7) is 3.82. The molecule has 6 nitrogen and oxygen atoms in total. The lowest BCUT2D eigenvalue weighted by molar-refractivity contribution is 0.0951. The van der Waals surface area contributed by atoms with E-state index in [9.17, 15) is 13.2 Å². The van der Waals surface area contributed by atoms with Crippen molar-refractivity contribution in [2.45, 2.75) is 19.8 Å². The first kappa shape index (κ1) is 15.8. The molecule has 0 radical (unpaired) electrons. The van der Waals surface area contributed by atoms with Gasteiger partial charge in [-0.3, -0.25) is 4.79 Å². The summed E-state index contributed by atoms with van der Waals surface area (Å²) in [5.41, 5.74) is 0.0638. The Balaban J connectivity index is 2.79. The second kappa shape index (κ2) is 6.29. The highest BCUT2D eigenvalue weighted by Crippen LogP contribution is 2.16. The first-order chi connectivity index (χ1) is 8.70. The summed E-state index contributed by atoms with van der Waals surface area (Å²) in [7, 11) is -3.11. The number of aromatic nitrogens is 2. The van der Waals surface area contributed by atoms with Crippen LogP contribution in [0.2, 0.25) is 5.02 Å². The maximum atomic E-state index is 11.8. The predicted molar refractivity (Wildman–Crippen MR) is 73.2 cm³/mol. The highest BCUT2D eigenvalue weighted by molar-refractivity contribution is 7.90. The molecule has 1 heterocycles. The number of hydrogen-bond acceptors (Lipinski definition) is 5. The smallest absolute Gasteiger partial charge is 0.271 e. The molecule has 1 rings (SSSR count). The van der Waals surface area contributed by atoms with Crippen LogP contribution in [0.15, 0.2) is 6.20 Å². The molecule has 0 aromatic carbocycles. The van der Waals surface area contributed by atoms with Crippen molar-refractivity contribution in [3.63, 3.8) is 0 Å². The number of nitrogens with zero attached hydrogens (tertiary/aromatic N) is 2. The van der Waals surface area contributed by atoms with E-state index in [1.54, 1.807) is 0 Å². The van der Waals surface area contributed by atoms with Gasteiger partial charge in [0.2, 0.25) is 0 Å². The Morgan fingerprint density at radius 2 is 2.11 bits per heavy atom. The van der Waals surface area contributed by atoms with Crippen LogP contribution >= 0.6 is 11.6 Å². The van der Waals surface area contributed by atoms with E-state index in [0.29, 0.717) is 5.82 Å². The molecule has 1 aromatic rings. The molecule has 0 aliphatic heterocycles. The molecule has 1 amide bonds. The van der Waals surface area contributed by atoms with Crippen molar-refractivity contribution in [1.82, 2.24) is 15.3 Å². The monoisotopic (exact) mass is 305 g/mol. The van der Waals surface area contributed by atoms with Crippen LogP contribution in [0.5, 0.6) is 0 Å². The van der Waals surface area contributed by atoms with Gasteiger partial charge >= 0.3 is 0 Å². The van der Waals surface area contributed by atoms with Gasteiger partial charge in [0.25, 0.3) is 5.91 Å². The zero-order valence-electron chi connectivity index (χ0n) is 11.0. The molecule has 1 N–H and O–H groups in total. The highest BCUT2D eigenvalue weighted by Gasteiger charge is 2.15. The largest absolute Gasteiger partial charge is 0.350 e. The van der Waals surface area contributed by atoms with Crippen LogP contribution in [0.4, 0.5) is 0 Å². The maximum Gasteiger partial charge on any atom is 0.271 e. The van der Waals surface area contributed by atoms with E-state index in [1.165, 1.54) is 6.20 Å². The summed E-state index contributed by atoms with van der Waals surface area (Å²) in [6, 6.07) is 0. The SMILES string of the molecule is CC(C)c1ncc(Cl)c(C(=O)NCCS(C)(=O)=O)n1.